The first-order valence-corrected chi connectivity index (χ1v) is 10.8. The number of hydrogen-bond donors (Lipinski definition) is 2. The number of carbonyl (C=O) groups excluding carboxylic acids is 2. The molecule has 0 unspecified atom stereocenters. The fourth-order valence-corrected chi connectivity index (χ4v) is 3.39. The zero-order chi connectivity index (χ0) is 24.1. The molecule has 0 atom stereocenters. The number of aliphatic imine (C=N–C) groups is 1. The largest absolute Gasteiger partial charge is 0.337 e. The molecule has 174 valence electrons. The van der Waals surface area contributed by atoms with E-state index < -0.39 is 17.9 Å². The molecule has 1 aliphatic rings. The van der Waals surface area contributed by atoms with Crippen LogP contribution in [-0.2, 0) is 6.42 Å². The summed E-state index contributed by atoms with van der Waals surface area (Å²) < 4.78 is 13.9. The van der Waals surface area contributed by atoms with Gasteiger partial charge in [-0.3, -0.25) is 4.99 Å². The summed E-state index contributed by atoms with van der Waals surface area (Å²) in [5.41, 5.74) is 2.39. The number of imide groups is 1. The number of benzene rings is 2. The maximum Gasteiger partial charge on any atom is 0.334 e. The van der Waals surface area contributed by atoms with Crippen LogP contribution < -0.4 is 20.4 Å². The van der Waals surface area contributed by atoms with Gasteiger partial charge in [0.1, 0.15) is 17.5 Å². The third-order valence-electron chi connectivity index (χ3n) is 5.22. The van der Waals surface area contributed by atoms with Gasteiger partial charge in [-0.25, -0.2) is 23.9 Å². The van der Waals surface area contributed by atoms with E-state index in [0.717, 1.165) is 40.4 Å². The van der Waals surface area contributed by atoms with Crippen molar-refractivity contribution in [1.29, 1.82) is 0 Å². The Hall–Kier alpha value is -4.27. The second-order valence-corrected chi connectivity index (χ2v) is 7.88. The van der Waals surface area contributed by atoms with Crippen molar-refractivity contribution in [3.05, 3.63) is 83.8 Å². The Morgan fingerprint density at radius 2 is 1.79 bits per heavy atom. The van der Waals surface area contributed by atoms with Gasteiger partial charge in [0.15, 0.2) is 0 Å². The third-order valence-corrected chi connectivity index (χ3v) is 5.22. The van der Waals surface area contributed by atoms with Gasteiger partial charge in [-0.2, -0.15) is 0 Å². The van der Waals surface area contributed by atoms with Crippen LogP contribution in [0.15, 0.2) is 71.7 Å². The van der Waals surface area contributed by atoms with Crippen LogP contribution >= 0.6 is 0 Å². The average molecular weight is 461 g/mol. The number of hydrogen-bond acceptors (Lipinski definition) is 5. The molecule has 0 aliphatic carbocycles. The Labute approximate surface area is 197 Å². The molecule has 2 heterocycles. The van der Waals surface area contributed by atoms with E-state index in [1.165, 1.54) is 18.2 Å². The molecule has 3 aromatic rings. The number of nitrogens with zero attached hydrogens (tertiary/aromatic N) is 4. The van der Waals surface area contributed by atoms with E-state index >= 15 is 0 Å². The van der Waals surface area contributed by atoms with Crippen molar-refractivity contribution in [1.82, 2.24) is 10.3 Å². The number of urea groups is 2. The van der Waals surface area contributed by atoms with Gasteiger partial charge in [-0.05, 0) is 55.0 Å². The first-order chi connectivity index (χ1) is 16.4. The second-order valence-electron chi connectivity index (χ2n) is 7.88. The summed E-state index contributed by atoms with van der Waals surface area (Å²) in [5.74, 6) is 1.20. The Morgan fingerprint density at radius 1 is 1.03 bits per heavy atom. The van der Waals surface area contributed by atoms with E-state index in [0.29, 0.717) is 12.1 Å². The first kappa shape index (κ1) is 22.9. The highest BCUT2D eigenvalue weighted by Crippen LogP contribution is 2.19. The fourth-order valence-electron chi connectivity index (χ4n) is 3.39. The van der Waals surface area contributed by atoms with E-state index in [-0.39, 0.29) is 12.2 Å². The molecule has 1 aliphatic heterocycles. The van der Waals surface area contributed by atoms with Crippen molar-refractivity contribution in [2.45, 2.75) is 13.3 Å². The topological polar surface area (TPSA) is 89.9 Å². The lowest BCUT2D eigenvalue weighted by molar-refractivity contribution is 0.239. The number of aryl methyl sites for hydroxylation is 1. The summed E-state index contributed by atoms with van der Waals surface area (Å²) in [6.07, 6.45) is 0.455. The molecule has 0 saturated heterocycles. The molecule has 9 heteroatoms. The van der Waals surface area contributed by atoms with Crippen LogP contribution in [0, 0.1) is 12.7 Å². The summed E-state index contributed by atoms with van der Waals surface area (Å²) in [7, 11) is 1.91. The number of likely N-dealkylation sites (N-methyl/N-ethyl adjacent to an activating group) is 1. The standard InChI is InChI=1S/C25H25FN6O2/c1-17-6-3-9-20(14-17)30-25(34)32(21-10-4-7-18(26)15-21)24(33)27-13-12-19-8-5-11-22(29-19)31(2)23-16-28-23/h3-11,14-15H,12-13,16H2,1-2H3,(H,27,33)(H,30,34). The van der Waals surface area contributed by atoms with Crippen LogP contribution in [0.25, 0.3) is 0 Å². The zero-order valence-electron chi connectivity index (χ0n) is 19.0. The second kappa shape index (κ2) is 10.1. The summed E-state index contributed by atoms with van der Waals surface area (Å²) >= 11 is 0. The molecule has 0 bridgehead atoms. The van der Waals surface area contributed by atoms with Gasteiger partial charge >= 0.3 is 12.1 Å². The lowest BCUT2D eigenvalue weighted by Gasteiger charge is -2.22. The van der Waals surface area contributed by atoms with Crippen molar-refractivity contribution >= 4 is 35.1 Å². The number of anilines is 3. The lowest BCUT2D eigenvalue weighted by Crippen LogP contribution is -2.46. The van der Waals surface area contributed by atoms with Crippen molar-refractivity contribution in [2.75, 3.05) is 35.3 Å². The monoisotopic (exact) mass is 460 g/mol. The highest BCUT2D eigenvalue weighted by Gasteiger charge is 2.24. The molecule has 0 saturated carbocycles. The van der Waals surface area contributed by atoms with Crippen molar-refractivity contribution in [3.63, 3.8) is 0 Å². The Balaban J connectivity index is 1.44. The number of rotatable bonds is 6. The van der Waals surface area contributed by atoms with Gasteiger partial charge in [0.2, 0.25) is 0 Å². The fraction of sp³-hybridized carbons (Fsp3) is 0.200. The molecule has 8 nitrogen and oxygen atoms in total. The van der Waals surface area contributed by atoms with Gasteiger partial charge in [-0.15, -0.1) is 0 Å². The number of nitrogens with one attached hydrogen (secondary N) is 2. The predicted molar refractivity (Wildman–Crippen MR) is 131 cm³/mol. The van der Waals surface area contributed by atoms with Crippen molar-refractivity contribution < 1.29 is 14.0 Å². The number of halogens is 1. The van der Waals surface area contributed by atoms with E-state index in [2.05, 4.69) is 20.6 Å². The minimum atomic E-state index is -0.694. The number of aromatic nitrogens is 1. The van der Waals surface area contributed by atoms with E-state index in [1.807, 2.05) is 43.1 Å². The highest BCUT2D eigenvalue weighted by atomic mass is 19.1. The number of pyridine rings is 1. The normalized spacial score (nSPS) is 11.9. The molecular formula is C25H25FN6O2. The van der Waals surface area contributed by atoms with Crippen molar-refractivity contribution in [3.8, 4) is 0 Å². The van der Waals surface area contributed by atoms with Crippen LogP contribution in [0.3, 0.4) is 0 Å². The van der Waals surface area contributed by atoms with Crippen LogP contribution in [0.4, 0.5) is 31.2 Å². The number of amidine groups is 1. The van der Waals surface area contributed by atoms with Gasteiger partial charge in [0.25, 0.3) is 0 Å². The van der Waals surface area contributed by atoms with E-state index in [9.17, 15) is 14.0 Å². The molecule has 4 rings (SSSR count). The molecule has 1 aromatic heterocycles. The van der Waals surface area contributed by atoms with Crippen LogP contribution in [0.1, 0.15) is 11.3 Å². The molecule has 4 amide bonds. The number of carbonyl (C=O) groups is 2. The Bertz CT molecular complexity index is 1250. The SMILES string of the molecule is Cc1cccc(NC(=O)N(C(=O)NCCc2cccc(N(C)C3=NC3)n2)c2cccc(F)c2)c1. The first-order valence-electron chi connectivity index (χ1n) is 10.8. The molecule has 0 spiro atoms. The Morgan fingerprint density at radius 3 is 2.53 bits per heavy atom. The molecule has 0 fully saturated rings. The maximum atomic E-state index is 13.9. The lowest BCUT2D eigenvalue weighted by atomic mass is 10.2. The summed E-state index contributed by atoms with van der Waals surface area (Å²) in [6, 6.07) is 16.8. The van der Waals surface area contributed by atoms with E-state index in [4.69, 9.17) is 0 Å². The van der Waals surface area contributed by atoms with Gasteiger partial charge in [0.05, 0.1) is 12.2 Å². The minimum absolute atomic E-state index is 0.120. The number of amides is 4. The third kappa shape index (κ3) is 5.74. The zero-order valence-corrected chi connectivity index (χ0v) is 19.0. The molecule has 2 aromatic carbocycles. The van der Waals surface area contributed by atoms with Crippen molar-refractivity contribution in [2.24, 2.45) is 4.99 Å². The molecular weight excluding hydrogens is 435 g/mol. The highest BCUT2D eigenvalue weighted by molar-refractivity contribution is 6.18. The quantitative estimate of drug-likeness (QED) is 0.572. The van der Waals surface area contributed by atoms with Gasteiger partial charge in [0, 0.05) is 31.4 Å². The average Bonchev–Trinajstić information content (AvgIpc) is 3.65. The smallest absolute Gasteiger partial charge is 0.334 e. The van der Waals surface area contributed by atoms with Crippen LogP contribution in [0.2, 0.25) is 0 Å². The summed E-state index contributed by atoms with van der Waals surface area (Å²) in [6.45, 7) is 2.86. The van der Waals surface area contributed by atoms with Crippen LogP contribution in [-0.4, -0.2) is 43.0 Å². The van der Waals surface area contributed by atoms with E-state index in [1.54, 1.807) is 18.2 Å². The van der Waals surface area contributed by atoms with Crippen LogP contribution in [0.5, 0.6) is 0 Å². The molecule has 0 radical (unpaired) electrons. The maximum absolute atomic E-state index is 13.9. The Kier molecular flexibility index (Phi) is 6.82. The molecule has 34 heavy (non-hydrogen) atoms. The van der Waals surface area contributed by atoms with Gasteiger partial charge < -0.3 is 15.5 Å². The predicted octanol–water partition coefficient (Wildman–Crippen LogP) is 4.37. The summed E-state index contributed by atoms with van der Waals surface area (Å²) in [5, 5.41) is 5.44. The minimum Gasteiger partial charge on any atom is -0.337 e. The molecule has 2 N–H and O–H groups in total. The van der Waals surface area contributed by atoms with Gasteiger partial charge in [-0.1, -0.05) is 24.3 Å². The summed E-state index contributed by atoms with van der Waals surface area (Å²) in [4.78, 5) is 37.6.